The van der Waals surface area contributed by atoms with E-state index in [4.69, 9.17) is 19.1 Å². The van der Waals surface area contributed by atoms with Gasteiger partial charge in [0.15, 0.2) is 0 Å². The first-order chi connectivity index (χ1) is 20.6. The lowest BCUT2D eigenvalue weighted by Gasteiger charge is -2.50. The number of fused-ring (bicyclic) bond motifs is 1. The molecule has 9 heteroatoms. The molecule has 2 aromatic rings. The molecule has 0 radical (unpaired) electrons. The number of nitrogens with zero attached hydrogens (tertiary/aromatic N) is 2. The Labute approximate surface area is 264 Å². The summed E-state index contributed by atoms with van der Waals surface area (Å²) in [5.41, 5.74) is 2.16. The van der Waals surface area contributed by atoms with Gasteiger partial charge in [-0.2, -0.15) is 9.59 Å². The molecule has 43 heavy (non-hydrogen) atoms. The number of methoxy groups -OCH3 is 2. The second kappa shape index (κ2) is 15.2. The van der Waals surface area contributed by atoms with E-state index < -0.39 is 0 Å². The van der Waals surface area contributed by atoms with E-state index in [2.05, 4.69) is 65.9 Å². The van der Waals surface area contributed by atoms with Crippen LogP contribution in [0.5, 0.6) is 0 Å². The number of hydrogen-bond acceptors (Lipinski definition) is 6. The average Bonchev–Trinajstić information content (AvgIpc) is 3.40. The summed E-state index contributed by atoms with van der Waals surface area (Å²) in [6, 6.07) is 20.8. The lowest BCUT2D eigenvalue weighted by Crippen LogP contribution is -2.52. The van der Waals surface area contributed by atoms with Crippen LogP contribution >= 0.6 is 15.9 Å². The molecule has 8 nitrogen and oxygen atoms in total. The Morgan fingerprint density at radius 2 is 1.35 bits per heavy atom. The monoisotopic (exact) mass is 656 g/mol. The highest BCUT2D eigenvalue weighted by Gasteiger charge is 2.67. The maximum absolute atomic E-state index is 12.9. The average molecular weight is 658 g/mol. The van der Waals surface area contributed by atoms with Crippen LogP contribution in [0.25, 0.3) is 0 Å². The second-order valence-corrected chi connectivity index (χ2v) is 13.1. The fraction of sp³-hybridized carbons (Fsp3) is 0.559. The summed E-state index contributed by atoms with van der Waals surface area (Å²) in [7, 11) is 3.45. The molecule has 0 N–H and O–H groups in total. The number of halogens is 1. The number of amides is 2. The van der Waals surface area contributed by atoms with E-state index in [9.17, 15) is 9.59 Å². The minimum Gasteiger partial charge on any atom is -0.384 e. The van der Waals surface area contributed by atoms with Gasteiger partial charge in [0.2, 0.25) is 11.8 Å². The standard InChI is InChI=1S/C17H23NO2.C16H22BrNO2.CO2/c1-13(14-7-5-4-6-8-14)18-11-17(12-20-3)10-9-16(17,2)15(18)19;1-13(14-6-4-3-5-7-14)18-11-16(8-9-17,12-20-2)10-15(18)19;2-1-3/h4-8,13H,9-12H2,1-3H3;3-7,13H,8-12H2,1-2H3;/t13-,16+,17-;13-,16-;/m11./s1. The van der Waals surface area contributed by atoms with Crippen molar-refractivity contribution in [3.05, 3.63) is 71.8 Å². The zero-order valence-corrected chi connectivity index (χ0v) is 27.6. The first-order valence-corrected chi connectivity index (χ1v) is 15.9. The molecule has 0 spiro atoms. The van der Waals surface area contributed by atoms with Crippen LogP contribution in [-0.2, 0) is 28.7 Å². The van der Waals surface area contributed by atoms with Crippen molar-refractivity contribution in [3.63, 3.8) is 0 Å². The van der Waals surface area contributed by atoms with E-state index in [0.717, 1.165) is 37.7 Å². The number of carbonyl (C=O) groups excluding carboxylic acids is 4. The molecule has 5 atom stereocenters. The van der Waals surface area contributed by atoms with Crippen LogP contribution in [0, 0.1) is 16.2 Å². The number of rotatable bonds is 10. The summed E-state index contributed by atoms with van der Waals surface area (Å²) < 4.78 is 10.8. The predicted molar refractivity (Wildman–Crippen MR) is 167 cm³/mol. The Balaban J connectivity index is 0.000000216. The fourth-order valence-corrected chi connectivity index (χ4v) is 7.81. The van der Waals surface area contributed by atoms with Gasteiger partial charge in [-0.05, 0) is 44.2 Å². The van der Waals surface area contributed by atoms with Crippen LogP contribution < -0.4 is 0 Å². The first kappa shape index (κ1) is 34.6. The SMILES string of the molecule is COC[C@]1(CCBr)CC(=O)N([C@H](C)c2ccccc2)C1.COC[C@]12CC[C@@]1(C)C(=O)N([C@H](C)c1ccccc1)C2.O=C=O. The van der Waals surface area contributed by atoms with Crippen molar-refractivity contribution in [2.45, 2.75) is 58.5 Å². The van der Waals surface area contributed by atoms with Crippen LogP contribution in [0.15, 0.2) is 60.7 Å². The van der Waals surface area contributed by atoms with Gasteiger partial charge in [0.1, 0.15) is 0 Å². The Morgan fingerprint density at radius 1 is 0.837 bits per heavy atom. The van der Waals surface area contributed by atoms with Crippen LogP contribution in [0.2, 0.25) is 0 Å². The van der Waals surface area contributed by atoms with Crippen molar-refractivity contribution in [3.8, 4) is 0 Å². The van der Waals surface area contributed by atoms with Crippen molar-refractivity contribution >= 4 is 33.9 Å². The molecule has 2 aromatic carbocycles. The highest BCUT2D eigenvalue weighted by atomic mass is 79.9. The van der Waals surface area contributed by atoms with Gasteiger partial charge in [0.05, 0.1) is 30.7 Å². The molecule has 0 aromatic heterocycles. The molecule has 1 saturated carbocycles. The molecular formula is C34H45BrN2O6. The molecule has 1 aliphatic carbocycles. The molecule has 234 valence electrons. The van der Waals surface area contributed by atoms with Gasteiger partial charge in [0, 0.05) is 49.9 Å². The third kappa shape index (κ3) is 7.28. The summed E-state index contributed by atoms with van der Waals surface area (Å²) in [5, 5.41) is 0.900. The number of benzene rings is 2. The predicted octanol–water partition coefficient (Wildman–Crippen LogP) is 5.84. The van der Waals surface area contributed by atoms with Crippen LogP contribution in [0.3, 0.4) is 0 Å². The Kier molecular flexibility index (Phi) is 12.3. The highest BCUT2D eigenvalue weighted by Crippen LogP contribution is 2.63. The van der Waals surface area contributed by atoms with E-state index in [1.165, 1.54) is 11.1 Å². The molecular weight excluding hydrogens is 612 g/mol. The lowest BCUT2D eigenvalue weighted by atomic mass is 9.52. The summed E-state index contributed by atoms with van der Waals surface area (Å²) >= 11 is 3.50. The zero-order valence-electron chi connectivity index (χ0n) is 26.0. The van der Waals surface area contributed by atoms with Crippen molar-refractivity contribution in [1.82, 2.24) is 9.80 Å². The minimum atomic E-state index is -0.216. The van der Waals surface area contributed by atoms with Crippen LogP contribution in [0.1, 0.15) is 69.7 Å². The maximum Gasteiger partial charge on any atom is 0.373 e. The molecule has 0 unspecified atom stereocenters. The van der Waals surface area contributed by atoms with Gasteiger partial charge < -0.3 is 19.3 Å². The van der Waals surface area contributed by atoms with Gasteiger partial charge in [0.25, 0.3) is 0 Å². The molecule has 3 aliphatic rings. The molecule has 5 rings (SSSR count). The molecule has 2 amide bonds. The maximum atomic E-state index is 12.9. The van der Waals surface area contributed by atoms with Crippen LogP contribution in [0.4, 0.5) is 0 Å². The minimum absolute atomic E-state index is 0.0296. The normalized spacial score (nSPS) is 27.1. The van der Waals surface area contributed by atoms with Gasteiger partial charge in [-0.15, -0.1) is 0 Å². The van der Waals surface area contributed by atoms with E-state index in [1.807, 2.05) is 41.3 Å². The molecule has 3 fully saturated rings. The zero-order chi connectivity index (χ0) is 31.7. The van der Waals surface area contributed by atoms with Crippen LogP contribution in [-0.4, -0.2) is 73.6 Å². The lowest BCUT2D eigenvalue weighted by molar-refractivity contribution is -0.191. The third-order valence-electron chi connectivity index (χ3n) is 9.83. The Bertz CT molecular complexity index is 1230. The van der Waals surface area contributed by atoms with Crippen molar-refractivity contribution in [2.24, 2.45) is 16.2 Å². The molecule has 2 heterocycles. The number of hydrogen-bond donors (Lipinski definition) is 0. The summed E-state index contributed by atoms with van der Waals surface area (Å²) in [4.78, 5) is 45.6. The smallest absolute Gasteiger partial charge is 0.373 e. The topological polar surface area (TPSA) is 93.2 Å². The van der Waals surface area contributed by atoms with Crippen molar-refractivity contribution in [1.29, 1.82) is 0 Å². The number of likely N-dealkylation sites (tertiary alicyclic amines) is 2. The van der Waals surface area contributed by atoms with Gasteiger partial charge in [-0.25, -0.2) is 0 Å². The van der Waals surface area contributed by atoms with E-state index in [1.54, 1.807) is 14.2 Å². The van der Waals surface area contributed by atoms with E-state index >= 15 is 0 Å². The number of ether oxygens (including phenoxy) is 2. The quantitative estimate of drug-likeness (QED) is 0.299. The summed E-state index contributed by atoms with van der Waals surface area (Å²) in [5.74, 6) is 0.538. The second-order valence-electron chi connectivity index (χ2n) is 12.3. The Morgan fingerprint density at radius 3 is 1.79 bits per heavy atom. The van der Waals surface area contributed by atoms with Gasteiger partial charge in [-0.3, -0.25) is 9.59 Å². The first-order valence-electron chi connectivity index (χ1n) is 14.8. The third-order valence-corrected chi connectivity index (χ3v) is 10.2. The summed E-state index contributed by atoms with van der Waals surface area (Å²) in [6.45, 7) is 9.28. The largest absolute Gasteiger partial charge is 0.384 e. The summed E-state index contributed by atoms with van der Waals surface area (Å²) in [6.07, 6.45) is 3.89. The highest BCUT2D eigenvalue weighted by molar-refractivity contribution is 9.09. The Hall–Kier alpha value is -2.84. The number of alkyl halides is 1. The molecule has 2 aliphatic heterocycles. The van der Waals surface area contributed by atoms with Gasteiger partial charge >= 0.3 is 6.15 Å². The van der Waals surface area contributed by atoms with E-state index in [-0.39, 0.29) is 40.4 Å². The van der Waals surface area contributed by atoms with Crippen molar-refractivity contribution in [2.75, 3.05) is 45.9 Å². The van der Waals surface area contributed by atoms with Crippen molar-refractivity contribution < 1.29 is 28.7 Å². The molecule has 0 bridgehead atoms. The fourth-order valence-electron chi connectivity index (χ4n) is 6.97. The van der Waals surface area contributed by atoms with E-state index in [0.29, 0.717) is 25.5 Å². The van der Waals surface area contributed by atoms with Gasteiger partial charge in [-0.1, -0.05) is 83.5 Å². The molecule has 2 saturated heterocycles. The number of carbonyl (C=O) groups is 2.